The Bertz CT molecular complexity index is 950. The highest BCUT2D eigenvalue weighted by Gasteiger charge is 2.27. The molecule has 0 saturated heterocycles. The molecule has 160 valence electrons. The smallest absolute Gasteiger partial charge is 0.125 e. The van der Waals surface area contributed by atoms with E-state index < -0.39 is 0 Å². The number of nitrogens with one attached hydrogen (secondary N) is 1. The Kier molecular flexibility index (Phi) is 7.63. The van der Waals surface area contributed by atoms with E-state index in [0.29, 0.717) is 18.2 Å². The summed E-state index contributed by atoms with van der Waals surface area (Å²) in [6.45, 7) is 17.4. The molecular formula is C26H36N4. The standard InChI is InChI=1S/C24H30N4.C2H6/c1-15-10-11-24(4,5)22-14-20(16(2)12-21(15)22)17(3)19-8-6-18(7-9-19)13-23(25)27-28-26;1-2/h6-12,14-15,28H,3,13,26H2,1-2,4-5H3,(H2,25,27);1-2H3. The third-order valence-electron chi connectivity index (χ3n) is 5.60. The number of allylic oxidation sites excluding steroid dienone is 2. The zero-order chi connectivity index (χ0) is 22.5. The van der Waals surface area contributed by atoms with Crippen molar-refractivity contribution in [1.29, 1.82) is 0 Å². The fraction of sp³-hybridized carbons (Fsp3) is 0.346. The zero-order valence-electron chi connectivity index (χ0n) is 19.2. The predicted molar refractivity (Wildman–Crippen MR) is 130 cm³/mol. The molecule has 4 heteroatoms. The number of hydrogen-bond acceptors (Lipinski definition) is 3. The average molecular weight is 405 g/mol. The van der Waals surface area contributed by atoms with Crippen LogP contribution < -0.4 is 17.1 Å². The number of nitrogens with two attached hydrogens (primary N) is 2. The van der Waals surface area contributed by atoms with Crippen LogP contribution in [0.25, 0.3) is 5.57 Å². The van der Waals surface area contributed by atoms with E-state index in [9.17, 15) is 0 Å². The molecule has 0 bridgehead atoms. The number of hydrazone groups is 1. The van der Waals surface area contributed by atoms with Gasteiger partial charge in [-0.15, -0.1) is 0 Å². The van der Waals surface area contributed by atoms with Crippen LogP contribution in [0.3, 0.4) is 0 Å². The molecule has 0 heterocycles. The minimum atomic E-state index is 0.0301. The molecule has 2 aromatic carbocycles. The lowest BCUT2D eigenvalue weighted by Gasteiger charge is -2.32. The first kappa shape index (κ1) is 23.4. The molecule has 0 aromatic heterocycles. The molecule has 1 aliphatic carbocycles. The maximum atomic E-state index is 5.81. The van der Waals surface area contributed by atoms with Crippen LogP contribution in [0.2, 0.25) is 0 Å². The number of fused-ring (bicyclic) bond motifs is 1. The molecule has 2 aromatic rings. The van der Waals surface area contributed by atoms with E-state index in [1.165, 1.54) is 22.3 Å². The van der Waals surface area contributed by atoms with Gasteiger partial charge in [0.05, 0.1) is 0 Å². The molecule has 30 heavy (non-hydrogen) atoms. The predicted octanol–water partition coefficient (Wildman–Crippen LogP) is 5.31. The van der Waals surface area contributed by atoms with E-state index >= 15 is 0 Å². The van der Waals surface area contributed by atoms with Crippen molar-refractivity contribution in [2.75, 3.05) is 0 Å². The lowest BCUT2D eigenvalue weighted by atomic mass is 9.72. The van der Waals surface area contributed by atoms with E-state index in [4.69, 9.17) is 11.6 Å². The summed E-state index contributed by atoms with van der Waals surface area (Å²) in [6.07, 6.45) is 5.18. The normalized spacial score (nSPS) is 16.9. The van der Waals surface area contributed by atoms with Crippen molar-refractivity contribution >= 4 is 11.4 Å². The van der Waals surface area contributed by atoms with Crippen molar-refractivity contribution in [3.05, 3.63) is 88.5 Å². The van der Waals surface area contributed by atoms with Crippen LogP contribution >= 0.6 is 0 Å². The van der Waals surface area contributed by atoms with Crippen LogP contribution in [0.4, 0.5) is 0 Å². The quantitative estimate of drug-likeness (QED) is 0.208. The molecule has 0 radical (unpaired) electrons. The van der Waals surface area contributed by atoms with E-state index in [1.807, 2.05) is 13.8 Å². The average Bonchev–Trinajstić information content (AvgIpc) is 2.72. The molecular weight excluding hydrogens is 368 g/mol. The van der Waals surface area contributed by atoms with Gasteiger partial charge in [0.2, 0.25) is 0 Å². The third-order valence-corrected chi connectivity index (χ3v) is 5.60. The Morgan fingerprint density at radius 3 is 2.40 bits per heavy atom. The van der Waals surface area contributed by atoms with E-state index in [-0.39, 0.29) is 5.41 Å². The molecule has 1 aliphatic rings. The van der Waals surface area contributed by atoms with Crippen molar-refractivity contribution < 1.29 is 0 Å². The molecule has 0 aliphatic heterocycles. The fourth-order valence-electron chi connectivity index (χ4n) is 3.88. The van der Waals surface area contributed by atoms with Crippen LogP contribution in [0.5, 0.6) is 0 Å². The molecule has 0 fully saturated rings. The van der Waals surface area contributed by atoms with Crippen LogP contribution in [0.15, 0.2) is 60.2 Å². The maximum Gasteiger partial charge on any atom is 0.125 e. The van der Waals surface area contributed by atoms with Crippen molar-refractivity contribution in [1.82, 2.24) is 5.53 Å². The van der Waals surface area contributed by atoms with Gasteiger partial charge in [0.15, 0.2) is 0 Å². The van der Waals surface area contributed by atoms with Gasteiger partial charge in [-0.05, 0) is 57.9 Å². The minimum absolute atomic E-state index is 0.0301. The Morgan fingerprint density at radius 1 is 1.17 bits per heavy atom. The van der Waals surface area contributed by atoms with E-state index in [2.05, 4.69) is 93.5 Å². The van der Waals surface area contributed by atoms with Crippen molar-refractivity contribution in [2.24, 2.45) is 16.7 Å². The van der Waals surface area contributed by atoms with Gasteiger partial charge in [0.1, 0.15) is 5.84 Å². The summed E-state index contributed by atoms with van der Waals surface area (Å²) in [5.41, 5.74) is 16.6. The Labute approximate surface area is 181 Å². The van der Waals surface area contributed by atoms with E-state index in [1.54, 1.807) is 0 Å². The van der Waals surface area contributed by atoms with Gasteiger partial charge >= 0.3 is 0 Å². The summed E-state index contributed by atoms with van der Waals surface area (Å²) in [7, 11) is 0. The third kappa shape index (κ3) is 5.00. The van der Waals surface area contributed by atoms with E-state index in [0.717, 1.165) is 16.7 Å². The number of rotatable bonds is 5. The van der Waals surface area contributed by atoms with Gasteiger partial charge in [0, 0.05) is 11.8 Å². The van der Waals surface area contributed by atoms with Gasteiger partial charge in [-0.3, -0.25) is 0 Å². The number of hydrazine groups is 1. The zero-order valence-corrected chi connectivity index (χ0v) is 19.2. The molecule has 5 N–H and O–H groups in total. The second-order valence-corrected chi connectivity index (χ2v) is 8.21. The van der Waals surface area contributed by atoms with Crippen LogP contribution in [-0.2, 0) is 11.8 Å². The molecule has 1 atom stereocenters. The minimum Gasteiger partial charge on any atom is -0.385 e. The number of aryl methyl sites for hydroxylation is 1. The second-order valence-electron chi connectivity index (χ2n) is 8.21. The first-order valence-corrected chi connectivity index (χ1v) is 10.6. The summed E-state index contributed by atoms with van der Waals surface area (Å²) < 4.78 is 0. The molecule has 0 spiro atoms. The maximum absolute atomic E-state index is 5.81. The van der Waals surface area contributed by atoms with Crippen LogP contribution in [0, 0.1) is 6.92 Å². The van der Waals surface area contributed by atoms with Crippen LogP contribution in [0.1, 0.15) is 73.9 Å². The van der Waals surface area contributed by atoms with Gasteiger partial charge in [-0.25, -0.2) is 11.4 Å². The molecule has 1 unspecified atom stereocenters. The summed E-state index contributed by atoms with van der Waals surface area (Å²) in [5, 5.41) is 3.80. The van der Waals surface area contributed by atoms with Gasteiger partial charge in [-0.1, -0.05) is 83.7 Å². The Hall–Kier alpha value is -2.85. The van der Waals surface area contributed by atoms with Crippen molar-refractivity contribution in [3.8, 4) is 0 Å². The highest BCUT2D eigenvalue weighted by atomic mass is 15.5. The number of benzene rings is 2. The highest BCUT2D eigenvalue weighted by molar-refractivity contribution is 5.83. The Morgan fingerprint density at radius 2 is 1.80 bits per heavy atom. The fourth-order valence-corrected chi connectivity index (χ4v) is 3.88. The number of amidine groups is 1. The first-order valence-electron chi connectivity index (χ1n) is 10.6. The van der Waals surface area contributed by atoms with Gasteiger partial charge in [-0.2, -0.15) is 5.10 Å². The van der Waals surface area contributed by atoms with Crippen molar-refractivity contribution in [2.45, 2.75) is 59.3 Å². The topological polar surface area (TPSA) is 76.4 Å². The lowest BCUT2D eigenvalue weighted by molar-refractivity contribution is 0.631. The molecule has 4 nitrogen and oxygen atoms in total. The molecule has 3 rings (SSSR count). The molecule has 0 amide bonds. The number of nitrogens with zero attached hydrogens (tertiary/aromatic N) is 1. The summed E-state index contributed by atoms with van der Waals surface area (Å²) in [4.78, 5) is 0. The SMILES string of the molecule is C=C(c1ccc(C/C(N)=N/NN)cc1)c1cc2c(cc1C)C(C)C=CC2(C)C.CC. The number of hydrogen-bond donors (Lipinski definition) is 3. The first-order chi connectivity index (χ1) is 14.2. The summed E-state index contributed by atoms with van der Waals surface area (Å²) in [5.74, 6) is 6.06. The van der Waals surface area contributed by atoms with Gasteiger partial charge < -0.3 is 5.73 Å². The molecule has 0 saturated carbocycles. The summed E-state index contributed by atoms with van der Waals surface area (Å²) in [6, 6.07) is 13.0. The largest absolute Gasteiger partial charge is 0.385 e. The van der Waals surface area contributed by atoms with Gasteiger partial charge in [0.25, 0.3) is 0 Å². The van der Waals surface area contributed by atoms with Crippen LogP contribution in [-0.4, -0.2) is 5.84 Å². The van der Waals surface area contributed by atoms with Crippen molar-refractivity contribution in [3.63, 3.8) is 0 Å². The highest BCUT2D eigenvalue weighted by Crippen LogP contribution is 2.40. The second kappa shape index (κ2) is 9.77. The monoisotopic (exact) mass is 404 g/mol. The lowest BCUT2D eigenvalue weighted by Crippen LogP contribution is -2.23. The summed E-state index contributed by atoms with van der Waals surface area (Å²) >= 11 is 0. The Balaban J connectivity index is 0.00000155.